The molecule has 1 unspecified atom stereocenters. The summed E-state index contributed by atoms with van der Waals surface area (Å²) in [6.45, 7) is 2.31. The molecular weight excluding hydrogens is 501 g/mol. The molecule has 0 spiro atoms. The van der Waals surface area contributed by atoms with Crippen molar-refractivity contribution < 1.29 is 14.3 Å². The van der Waals surface area contributed by atoms with Gasteiger partial charge in [0.25, 0.3) is 5.91 Å². The highest BCUT2D eigenvalue weighted by atomic mass is 19.1. The van der Waals surface area contributed by atoms with Crippen LogP contribution in [0.15, 0.2) is 73.6 Å². The van der Waals surface area contributed by atoms with Gasteiger partial charge in [-0.3, -0.25) is 9.78 Å². The predicted molar refractivity (Wildman–Crippen MR) is 141 cm³/mol. The lowest BCUT2D eigenvalue weighted by atomic mass is 10.0. The topological polar surface area (TPSA) is 146 Å². The SMILES string of the molecule is CC(C)(O)C(F)CNC(=O)c1cnc(-c2ccc3cc(C#N)cnn23)cc1Nc1ccc(-n2cncn2)cc1. The molecule has 0 aliphatic heterocycles. The zero-order valence-corrected chi connectivity index (χ0v) is 21.1. The number of benzene rings is 1. The minimum absolute atomic E-state index is 0.183. The number of alkyl halides is 1. The van der Waals surface area contributed by atoms with E-state index in [1.54, 1.807) is 27.7 Å². The summed E-state index contributed by atoms with van der Waals surface area (Å²) in [4.78, 5) is 21.5. The third-order valence-electron chi connectivity index (χ3n) is 6.08. The van der Waals surface area contributed by atoms with Crippen LogP contribution in [0.5, 0.6) is 0 Å². The van der Waals surface area contributed by atoms with Crippen LogP contribution in [0, 0.1) is 11.3 Å². The number of hydrogen-bond acceptors (Lipinski definition) is 8. The number of aromatic nitrogens is 6. The molecule has 1 atom stereocenters. The van der Waals surface area contributed by atoms with Crippen molar-refractivity contribution in [2.45, 2.75) is 25.6 Å². The lowest BCUT2D eigenvalue weighted by molar-refractivity contribution is -0.00177. The van der Waals surface area contributed by atoms with Crippen molar-refractivity contribution in [3.8, 4) is 23.1 Å². The molecule has 5 aromatic rings. The summed E-state index contributed by atoms with van der Waals surface area (Å²) in [7, 11) is 0. The van der Waals surface area contributed by atoms with E-state index in [0.717, 1.165) is 5.69 Å². The second kappa shape index (κ2) is 10.3. The Bertz CT molecular complexity index is 1670. The maximum atomic E-state index is 14.3. The van der Waals surface area contributed by atoms with Gasteiger partial charge in [-0.15, -0.1) is 0 Å². The Kier molecular flexibility index (Phi) is 6.74. The van der Waals surface area contributed by atoms with Crippen molar-refractivity contribution >= 4 is 22.8 Å². The van der Waals surface area contributed by atoms with Crippen LogP contribution in [0.2, 0.25) is 0 Å². The summed E-state index contributed by atoms with van der Waals surface area (Å²) in [5.74, 6) is -0.556. The summed E-state index contributed by atoms with van der Waals surface area (Å²) >= 11 is 0. The zero-order valence-electron chi connectivity index (χ0n) is 21.1. The van der Waals surface area contributed by atoms with Gasteiger partial charge in [0.15, 0.2) is 0 Å². The number of hydrogen-bond donors (Lipinski definition) is 3. The molecule has 1 aromatic carbocycles. The zero-order chi connectivity index (χ0) is 27.6. The molecule has 12 heteroatoms. The van der Waals surface area contributed by atoms with E-state index in [1.807, 2.05) is 36.4 Å². The average molecular weight is 526 g/mol. The van der Waals surface area contributed by atoms with Crippen LogP contribution in [-0.2, 0) is 0 Å². The Balaban J connectivity index is 1.49. The molecule has 5 rings (SSSR count). The fourth-order valence-electron chi connectivity index (χ4n) is 3.86. The molecule has 0 saturated carbocycles. The number of carbonyl (C=O) groups excluding carboxylic acids is 1. The molecule has 11 nitrogen and oxygen atoms in total. The van der Waals surface area contributed by atoms with E-state index in [4.69, 9.17) is 0 Å². The van der Waals surface area contributed by atoms with Gasteiger partial charge in [0.2, 0.25) is 0 Å². The fourth-order valence-corrected chi connectivity index (χ4v) is 3.86. The van der Waals surface area contributed by atoms with Crippen LogP contribution in [0.4, 0.5) is 15.8 Å². The van der Waals surface area contributed by atoms with Crippen molar-refractivity contribution in [2.24, 2.45) is 0 Å². The van der Waals surface area contributed by atoms with Crippen LogP contribution in [0.1, 0.15) is 29.8 Å². The van der Waals surface area contributed by atoms with Crippen LogP contribution in [-0.4, -0.2) is 58.7 Å². The Morgan fingerprint density at radius 3 is 2.64 bits per heavy atom. The molecule has 196 valence electrons. The molecule has 0 saturated heterocycles. The Labute approximate surface area is 222 Å². The first-order valence-electron chi connectivity index (χ1n) is 12.0. The number of nitrogens with one attached hydrogen (secondary N) is 2. The molecule has 3 N–H and O–H groups in total. The van der Waals surface area contributed by atoms with E-state index >= 15 is 0 Å². The Morgan fingerprint density at radius 2 is 1.95 bits per heavy atom. The number of aliphatic hydroxyl groups is 1. The number of nitrogens with zero attached hydrogens (tertiary/aromatic N) is 7. The van der Waals surface area contributed by atoms with Crippen LogP contribution < -0.4 is 10.6 Å². The second-order valence-corrected chi connectivity index (χ2v) is 9.37. The Hall–Kier alpha value is -5.15. The number of amides is 1. The quantitative estimate of drug-likeness (QED) is 0.279. The fraction of sp³-hybridized carbons (Fsp3) is 0.185. The van der Waals surface area contributed by atoms with Gasteiger partial charge >= 0.3 is 0 Å². The van der Waals surface area contributed by atoms with E-state index in [2.05, 4.69) is 36.9 Å². The smallest absolute Gasteiger partial charge is 0.255 e. The molecule has 1 amide bonds. The van der Waals surface area contributed by atoms with Gasteiger partial charge in [-0.05, 0) is 62.4 Å². The number of fused-ring (bicyclic) bond motifs is 1. The monoisotopic (exact) mass is 525 g/mol. The Morgan fingerprint density at radius 1 is 1.15 bits per heavy atom. The minimum Gasteiger partial charge on any atom is -0.387 e. The van der Waals surface area contributed by atoms with Gasteiger partial charge in [-0.25, -0.2) is 18.6 Å². The maximum absolute atomic E-state index is 14.3. The van der Waals surface area contributed by atoms with Gasteiger partial charge in [-0.1, -0.05) is 0 Å². The van der Waals surface area contributed by atoms with Crippen molar-refractivity contribution in [3.05, 3.63) is 84.7 Å². The molecule has 0 fully saturated rings. The summed E-state index contributed by atoms with van der Waals surface area (Å²) in [6.07, 6.45) is 4.23. The number of pyridine rings is 1. The molecule has 0 bridgehead atoms. The first-order chi connectivity index (χ1) is 18.7. The number of halogens is 1. The van der Waals surface area contributed by atoms with Gasteiger partial charge in [0, 0.05) is 11.9 Å². The number of rotatable bonds is 8. The standard InChI is InChI=1S/C27H24FN9O2/c1-27(2,39)25(28)14-32-26(38)21-13-31-23(24-8-7-20-9-17(11-29)12-33-37(20)24)10-22(21)35-18-3-5-19(6-4-18)36-16-30-15-34-36/h3-10,12-13,15-16,25,39H,14H2,1-2H3,(H,31,35)(H,32,38). The first-order valence-corrected chi connectivity index (χ1v) is 12.0. The highest BCUT2D eigenvalue weighted by Gasteiger charge is 2.27. The lowest BCUT2D eigenvalue weighted by Gasteiger charge is -2.22. The molecule has 4 heterocycles. The largest absolute Gasteiger partial charge is 0.387 e. The average Bonchev–Trinajstić information content (AvgIpc) is 3.61. The highest BCUT2D eigenvalue weighted by molar-refractivity contribution is 6.00. The maximum Gasteiger partial charge on any atom is 0.255 e. The van der Waals surface area contributed by atoms with Gasteiger partial charge in [0.05, 0.1) is 57.7 Å². The van der Waals surface area contributed by atoms with Gasteiger partial charge in [-0.2, -0.15) is 15.5 Å². The van der Waals surface area contributed by atoms with E-state index in [-0.39, 0.29) is 12.1 Å². The number of nitriles is 1. The second-order valence-electron chi connectivity index (χ2n) is 9.37. The van der Waals surface area contributed by atoms with Gasteiger partial charge in [0.1, 0.15) is 24.9 Å². The predicted octanol–water partition coefficient (Wildman–Crippen LogP) is 3.43. The summed E-state index contributed by atoms with van der Waals surface area (Å²) in [5, 5.41) is 33.3. The van der Waals surface area contributed by atoms with Crippen LogP contribution in [0.25, 0.3) is 22.6 Å². The van der Waals surface area contributed by atoms with Crippen molar-refractivity contribution in [3.63, 3.8) is 0 Å². The van der Waals surface area contributed by atoms with E-state index in [0.29, 0.717) is 33.8 Å². The molecule has 4 aromatic heterocycles. The summed E-state index contributed by atoms with van der Waals surface area (Å²) < 4.78 is 17.6. The van der Waals surface area contributed by atoms with E-state index < -0.39 is 17.7 Å². The van der Waals surface area contributed by atoms with Crippen LogP contribution in [0.3, 0.4) is 0 Å². The molecule has 0 radical (unpaired) electrons. The third kappa shape index (κ3) is 5.43. The highest BCUT2D eigenvalue weighted by Crippen LogP contribution is 2.28. The summed E-state index contributed by atoms with van der Waals surface area (Å²) in [6, 6.07) is 16.4. The number of carbonyl (C=O) groups is 1. The van der Waals surface area contributed by atoms with Gasteiger partial charge < -0.3 is 15.7 Å². The van der Waals surface area contributed by atoms with Crippen molar-refractivity contribution in [1.82, 2.24) is 34.7 Å². The molecule has 39 heavy (non-hydrogen) atoms. The van der Waals surface area contributed by atoms with E-state index in [9.17, 15) is 19.6 Å². The van der Waals surface area contributed by atoms with Crippen molar-refractivity contribution in [2.75, 3.05) is 11.9 Å². The third-order valence-corrected chi connectivity index (χ3v) is 6.08. The minimum atomic E-state index is -1.66. The van der Waals surface area contributed by atoms with E-state index in [1.165, 1.54) is 32.6 Å². The van der Waals surface area contributed by atoms with Crippen LogP contribution >= 0.6 is 0 Å². The molecule has 0 aliphatic carbocycles. The lowest BCUT2D eigenvalue weighted by Crippen LogP contribution is -2.42. The molecular formula is C27H24FN9O2. The van der Waals surface area contributed by atoms with Crippen molar-refractivity contribution in [1.29, 1.82) is 5.26 Å². The first kappa shape index (κ1) is 25.5. The summed E-state index contributed by atoms with van der Waals surface area (Å²) in [5.41, 5.74) is 2.80. The number of anilines is 2. The molecule has 0 aliphatic rings. The normalized spacial score (nSPS) is 12.2.